The van der Waals surface area contributed by atoms with Crippen LogP contribution < -0.4 is 4.74 Å². The SMILES string of the molecule is O=C(c1cccnc1)c1ccc2c(c1)CCO2. The molecule has 0 saturated carbocycles. The van der Waals surface area contributed by atoms with Crippen LogP contribution in [0, 0.1) is 0 Å². The molecule has 2 heterocycles. The lowest BCUT2D eigenvalue weighted by atomic mass is 10.0. The zero-order chi connectivity index (χ0) is 11.7. The number of ether oxygens (including phenoxy) is 1. The van der Waals surface area contributed by atoms with Crippen LogP contribution in [-0.4, -0.2) is 17.4 Å². The molecule has 0 N–H and O–H groups in total. The Hall–Kier alpha value is -2.16. The van der Waals surface area contributed by atoms with Gasteiger partial charge in [0.1, 0.15) is 5.75 Å². The van der Waals surface area contributed by atoms with Crippen LogP contribution in [0.2, 0.25) is 0 Å². The lowest BCUT2D eigenvalue weighted by Gasteiger charge is -2.03. The second kappa shape index (κ2) is 4.01. The molecule has 3 rings (SSSR count). The van der Waals surface area contributed by atoms with E-state index in [0.29, 0.717) is 17.7 Å². The van der Waals surface area contributed by atoms with Gasteiger partial charge in [0.25, 0.3) is 0 Å². The highest BCUT2D eigenvalue weighted by atomic mass is 16.5. The van der Waals surface area contributed by atoms with E-state index in [1.54, 1.807) is 30.6 Å². The van der Waals surface area contributed by atoms with Crippen LogP contribution in [0.5, 0.6) is 5.75 Å². The highest BCUT2D eigenvalue weighted by Gasteiger charge is 2.15. The Morgan fingerprint density at radius 3 is 3.00 bits per heavy atom. The van der Waals surface area contributed by atoms with Crippen LogP contribution in [0.25, 0.3) is 0 Å². The predicted octanol–water partition coefficient (Wildman–Crippen LogP) is 2.25. The minimum absolute atomic E-state index is 0.00722. The molecule has 84 valence electrons. The quantitative estimate of drug-likeness (QED) is 0.736. The summed E-state index contributed by atoms with van der Waals surface area (Å²) < 4.78 is 5.42. The molecule has 0 aliphatic carbocycles. The second-order valence-electron chi connectivity index (χ2n) is 3.99. The molecule has 0 unspecified atom stereocenters. The zero-order valence-electron chi connectivity index (χ0n) is 9.22. The summed E-state index contributed by atoms with van der Waals surface area (Å²) in [6.07, 6.45) is 4.13. The number of hydrogen-bond donors (Lipinski definition) is 0. The van der Waals surface area contributed by atoms with Gasteiger partial charge < -0.3 is 4.74 Å². The zero-order valence-corrected chi connectivity index (χ0v) is 9.22. The molecule has 1 aliphatic heterocycles. The van der Waals surface area contributed by atoms with Gasteiger partial charge in [0.15, 0.2) is 5.78 Å². The maximum Gasteiger partial charge on any atom is 0.194 e. The molecule has 17 heavy (non-hydrogen) atoms. The van der Waals surface area contributed by atoms with Gasteiger partial charge in [-0.2, -0.15) is 0 Å². The topological polar surface area (TPSA) is 39.2 Å². The van der Waals surface area contributed by atoms with E-state index in [4.69, 9.17) is 4.74 Å². The molecule has 0 bridgehead atoms. The number of aromatic nitrogens is 1. The van der Waals surface area contributed by atoms with Crippen molar-refractivity contribution in [2.45, 2.75) is 6.42 Å². The molecule has 2 aromatic rings. The van der Waals surface area contributed by atoms with E-state index in [9.17, 15) is 4.79 Å². The number of nitrogens with zero attached hydrogens (tertiary/aromatic N) is 1. The number of rotatable bonds is 2. The van der Waals surface area contributed by atoms with Crippen molar-refractivity contribution in [3.05, 3.63) is 59.4 Å². The van der Waals surface area contributed by atoms with Crippen molar-refractivity contribution in [1.82, 2.24) is 4.98 Å². The number of carbonyl (C=O) groups excluding carboxylic acids is 1. The first kappa shape index (κ1) is 10.0. The summed E-state index contributed by atoms with van der Waals surface area (Å²) >= 11 is 0. The molecule has 0 atom stereocenters. The van der Waals surface area contributed by atoms with Gasteiger partial charge in [0.2, 0.25) is 0 Å². The fourth-order valence-corrected chi connectivity index (χ4v) is 1.99. The van der Waals surface area contributed by atoms with Gasteiger partial charge in [-0.05, 0) is 35.9 Å². The van der Waals surface area contributed by atoms with Gasteiger partial charge in [-0.15, -0.1) is 0 Å². The van der Waals surface area contributed by atoms with Crippen LogP contribution in [0.15, 0.2) is 42.7 Å². The highest BCUT2D eigenvalue weighted by molar-refractivity contribution is 6.08. The summed E-state index contributed by atoms with van der Waals surface area (Å²) in [5, 5.41) is 0. The van der Waals surface area contributed by atoms with Crippen LogP contribution in [0.1, 0.15) is 21.5 Å². The molecule has 1 aromatic carbocycles. The fourth-order valence-electron chi connectivity index (χ4n) is 1.99. The molecule has 0 saturated heterocycles. The summed E-state index contributed by atoms with van der Waals surface area (Å²) in [6, 6.07) is 9.13. The Morgan fingerprint density at radius 1 is 1.24 bits per heavy atom. The number of hydrogen-bond acceptors (Lipinski definition) is 3. The largest absolute Gasteiger partial charge is 0.493 e. The first-order valence-corrected chi connectivity index (χ1v) is 5.55. The van der Waals surface area contributed by atoms with E-state index >= 15 is 0 Å². The molecule has 3 heteroatoms. The van der Waals surface area contributed by atoms with Crippen molar-refractivity contribution in [3.8, 4) is 5.75 Å². The molecule has 0 amide bonds. The second-order valence-corrected chi connectivity index (χ2v) is 3.99. The summed E-state index contributed by atoms with van der Waals surface area (Å²) in [7, 11) is 0. The molecule has 1 aromatic heterocycles. The lowest BCUT2D eigenvalue weighted by molar-refractivity contribution is 0.103. The number of fused-ring (bicyclic) bond motifs is 1. The van der Waals surface area contributed by atoms with E-state index in [1.807, 2.05) is 12.1 Å². The van der Waals surface area contributed by atoms with Gasteiger partial charge in [0.05, 0.1) is 6.61 Å². The van der Waals surface area contributed by atoms with E-state index in [1.165, 1.54) is 0 Å². The predicted molar refractivity (Wildman–Crippen MR) is 63.3 cm³/mol. The standard InChI is InChI=1S/C14H11NO2/c16-14(12-2-1-6-15-9-12)11-3-4-13-10(8-11)5-7-17-13/h1-4,6,8-9H,5,7H2. The smallest absolute Gasteiger partial charge is 0.194 e. The van der Waals surface area contributed by atoms with Crippen molar-refractivity contribution in [2.24, 2.45) is 0 Å². The Bertz CT molecular complexity index is 564. The summed E-state index contributed by atoms with van der Waals surface area (Å²) in [4.78, 5) is 16.1. The third kappa shape index (κ3) is 1.80. The van der Waals surface area contributed by atoms with Crippen molar-refractivity contribution >= 4 is 5.78 Å². The number of pyridine rings is 1. The average Bonchev–Trinajstić information content (AvgIpc) is 2.86. The minimum atomic E-state index is 0.00722. The first-order chi connectivity index (χ1) is 8.34. The van der Waals surface area contributed by atoms with E-state index in [-0.39, 0.29) is 5.78 Å². The van der Waals surface area contributed by atoms with Gasteiger partial charge >= 0.3 is 0 Å². The molecule has 0 fully saturated rings. The normalized spacial score (nSPS) is 12.9. The maximum absolute atomic E-state index is 12.2. The minimum Gasteiger partial charge on any atom is -0.493 e. The molecule has 3 nitrogen and oxygen atoms in total. The van der Waals surface area contributed by atoms with Gasteiger partial charge in [-0.3, -0.25) is 9.78 Å². The number of ketones is 1. The Balaban J connectivity index is 1.97. The molecular weight excluding hydrogens is 214 g/mol. The van der Waals surface area contributed by atoms with Crippen LogP contribution in [0.4, 0.5) is 0 Å². The van der Waals surface area contributed by atoms with Crippen LogP contribution in [0.3, 0.4) is 0 Å². The van der Waals surface area contributed by atoms with E-state index in [2.05, 4.69) is 4.98 Å². The van der Waals surface area contributed by atoms with E-state index in [0.717, 1.165) is 17.7 Å². The first-order valence-electron chi connectivity index (χ1n) is 5.55. The number of carbonyl (C=O) groups is 1. The monoisotopic (exact) mass is 225 g/mol. The van der Waals surface area contributed by atoms with Crippen molar-refractivity contribution < 1.29 is 9.53 Å². The summed E-state index contributed by atoms with van der Waals surface area (Å²) in [6.45, 7) is 0.708. The van der Waals surface area contributed by atoms with Crippen LogP contribution in [-0.2, 0) is 6.42 Å². The maximum atomic E-state index is 12.2. The Labute approximate surface area is 99.1 Å². The molecule has 1 aliphatic rings. The molecule has 0 radical (unpaired) electrons. The van der Waals surface area contributed by atoms with Crippen LogP contribution >= 0.6 is 0 Å². The lowest BCUT2D eigenvalue weighted by Crippen LogP contribution is -2.01. The van der Waals surface area contributed by atoms with Gasteiger partial charge in [-0.25, -0.2) is 0 Å². The summed E-state index contributed by atoms with van der Waals surface area (Å²) in [5.41, 5.74) is 2.42. The third-order valence-corrected chi connectivity index (χ3v) is 2.88. The van der Waals surface area contributed by atoms with Gasteiger partial charge in [-0.1, -0.05) is 0 Å². The molecule has 0 spiro atoms. The van der Waals surface area contributed by atoms with Gasteiger partial charge in [0, 0.05) is 29.9 Å². The highest BCUT2D eigenvalue weighted by Crippen LogP contribution is 2.26. The fraction of sp³-hybridized carbons (Fsp3) is 0.143. The Kier molecular flexibility index (Phi) is 2.37. The van der Waals surface area contributed by atoms with E-state index < -0.39 is 0 Å². The van der Waals surface area contributed by atoms with Crippen molar-refractivity contribution in [2.75, 3.05) is 6.61 Å². The molecular formula is C14H11NO2. The number of benzene rings is 1. The Morgan fingerprint density at radius 2 is 2.18 bits per heavy atom. The van der Waals surface area contributed by atoms with Crippen molar-refractivity contribution in [1.29, 1.82) is 0 Å². The average molecular weight is 225 g/mol. The summed E-state index contributed by atoms with van der Waals surface area (Å²) in [5.74, 6) is 0.903. The van der Waals surface area contributed by atoms with Crippen molar-refractivity contribution in [3.63, 3.8) is 0 Å². The third-order valence-electron chi connectivity index (χ3n) is 2.88.